The molecule has 2 unspecified atom stereocenters. The van der Waals surface area contributed by atoms with Gasteiger partial charge < -0.3 is 4.74 Å². The van der Waals surface area contributed by atoms with Gasteiger partial charge in [0.25, 0.3) is 0 Å². The van der Waals surface area contributed by atoms with E-state index in [1.165, 1.54) is 22.3 Å². The monoisotopic (exact) mass is 361 g/mol. The fourth-order valence-corrected chi connectivity index (χ4v) is 4.56. The number of hydrogen-bond donors (Lipinski definition) is 0. The van der Waals surface area contributed by atoms with Crippen molar-refractivity contribution in [1.82, 2.24) is 4.90 Å². The maximum absolute atomic E-state index is 12.7. The molecule has 2 heterocycles. The Morgan fingerprint density at radius 2 is 1.78 bits per heavy atom. The van der Waals surface area contributed by atoms with Crippen LogP contribution >= 0.6 is 0 Å². The van der Waals surface area contributed by atoms with Crippen LogP contribution in [0.4, 0.5) is 4.79 Å². The molecule has 3 heteroatoms. The van der Waals surface area contributed by atoms with Gasteiger partial charge in [0.1, 0.15) is 6.61 Å². The highest BCUT2D eigenvalue weighted by molar-refractivity contribution is 5.70. The van der Waals surface area contributed by atoms with Crippen LogP contribution in [0.15, 0.2) is 60.2 Å². The molecule has 4 rings (SSSR count). The predicted octanol–water partition coefficient (Wildman–Crippen LogP) is 5.35. The molecule has 0 saturated carbocycles. The number of nitrogens with zero attached hydrogens (tertiary/aromatic N) is 1. The molecule has 0 radical (unpaired) electrons. The lowest BCUT2D eigenvalue weighted by Crippen LogP contribution is -2.43. The van der Waals surface area contributed by atoms with Crippen molar-refractivity contribution in [3.8, 4) is 0 Å². The van der Waals surface area contributed by atoms with Gasteiger partial charge in [-0.25, -0.2) is 4.79 Å². The van der Waals surface area contributed by atoms with E-state index in [0.717, 1.165) is 31.2 Å². The number of benzene rings is 2. The third-order valence-corrected chi connectivity index (χ3v) is 5.60. The van der Waals surface area contributed by atoms with Crippen molar-refractivity contribution >= 4 is 6.09 Å². The number of amides is 1. The van der Waals surface area contributed by atoms with Crippen LogP contribution < -0.4 is 0 Å². The molecule has 2 aromatic rings. The maximum atomic E-state index is 12.7. The van der Waals surface area contributed by atoms with Crippen LogP contribution in [-0.4, -0.2) is 23.1 Å². The molecule has 0 N–H and O–H groups in total. The molecule has 0 spiro atoms. The summed E-state index contributed by atoms with van der Waals surface area (Å²) >= 11 is 0. The van der Waals surface area contributed by atoms with Crippen molar-refractivity contribution in [3.05, 3.63) is 82.4 Å². The van der Waals surface area contributed by atoms with E-state index in [0.29, 0.717) is 6.61 Å². The smallest absolute Gasteiger partial charge is 0.410 e. The number of fused-ring (bicyclic) bond motifs is 2. The van der Waals surface area contributed by atoms with E-state index >= 15 is 0 Å². The van der Waals surface area contributed by atoms with Gasteiger partial charge in [-0.15, -0.1) is 0 Å². The average molecular weight is 361 g/mol. The molecule has 1 fully saturated rings. The standard InChI is InChI=1S/C24H27NO2/c1-17-10-18(2)12-20(11-17)13-21-14-22-8-9-23(15-21)25(22)24(26)27-16-19-6-4-3-5-7-19/h3-7,10-12,14,22-23H,8-9,13,15-16H2,1-2H3. The lowest BCUT2D eigenvalue weighted by molar-refractivity contribution is 0.0816. The zero-order valence-corrected chi connectivity index (χ0v) is 16.2. The summed E-state index contributed by atoms with van der Waals surface area (Å²) in [4.78, 5) is 14.6. The minimum atomic E-state index is -0.173. The van der Waals surface area contributed by atoms with Crippen LogP contribution in [0.3, 0.4) is 0 Å². The number of ether oxygens (including phenoxy) is 1. The van der Waals surface area contributed by atoms with E-state index < -0.39 is 0 Å². The highest BCUT2D eigenvalue weighted by Crippen LogP contribution is 2.36. The van der Waals surface area contributed by atoms with Crippen LogP contribution in [0.25, 0.3) is 0 Å². The molecule has 2 aromatic carbocycles. The van der Waals surface area contributed by atoms with Gasteiger partial charge >= 0.3 is 6.09 Å². The summed E-state index contributed by atoms with van der Waals surface area (Å²) in [5, 5.41) is 0. The van der Waals surface area contributed by atoms with Crippen LogP contribution in [-0.2, 0) is 17.8 Å². The summed E-state index contributed by atoms with van der Waals surface area (Å²) < 4.78 is 5.59. The topological polar surface area (TPSA) is 29.5 Å². The fraction of sp³-hybridized carbons (Fsp3) is 0.375. The number of hydrogen-bond acceptors (Lipinski definition) is 2. The van der Waals surface area contributed by atoms with Gasteiger partial charge in [-0.1, -0.05) is 71.3 Å². The Balaban J connectivity index is 1.42. The molecule has 2 bridgehead atoms. The average Bonchev–Trinajstić information content (AvgIpc) is 2.91. The van der Waals surface area contributed by atoms with Gasteiger partial charge in [0, 0.05) is 6.04 Å². The molecule has 140 valence electrons. The first-order valence-electron chi connectivity index (χ1n) is 9.84. The zero-order chi connectivity index (χ0) is 18.8. The Morgan fingerprint density at radius 1 is 1.04 bits per heavy atom. The van der Waals surface area contributed by atoms with Crippen molar-refractivity contribution < 1.29 is 9.53 Å². The molecule has 1 saturated heterocycles. The van der Waals surface area contributed by atoms with Crippen molar-refractivity contribution in [2.75, 3.05) is 0 Å². The van der Waals surface area contributed by atoms with Crippen molar-refractivity contribution in [2.45, 2.75) is 58.2 Å². The van der Waals surface area contributed by atoms with Crippen molar-refractivity contribution in [2.24, 2.45) is 0 Å². The second kappa shape index (κ2) is 7.59. The Kier molecular flexibility index (Phi) is 5.02. The molecule has 3 nitrogen and oxygen atoms in total. The van der Waals surface area contributed by atoms with Crippen molar-refractivity contribution in [3.63, 3.8) is 0 Å². The normalized spacial score (nSPS) is 21.1. The molecular formula is C24H27NO2. The minimum absolute atomic E-state index is 0.173. The second-order valence-corrected chi connectivity index (χ2v) is 7.95. The van der Waals surface area contributed by atoms with Crippen LogP contribution in [0, 0.1) is 13.8 Å². The molecule has 27 heavy (non-hydrogen) atoms. The van der Waals surface area contributed by atoms with Crippen molar-refractivity contribution in [1.29, 1.82) is 0 Å². The molecular weight excluding hydrogens is 334 g/mol. The maximum Gasteiger partial charge on any atom is 0.410 e. The highest BCUT2D eigenvalue weighted by atomic mass is 16.6. The fourth-order valence-electron chi connectivity index (χ4n) is 4.56. The van der Waals surface area contributed by atoms with E-state index in [2.05, 4.69) is 38.1 Å². The van der Waals surface area contributed by atoms with Gasteiger partial charge in [-0.2, -0.15) is 0 Å². The quantitative estimate of drug-likeness (QED) is 0.687. The van der Waals surface area contributed by atoms with Gasteiger partial charge in [0.15, 0.2) is 0 Å². The molecule has 2 atom stereocenters. The number of rotatable bonds is 4. The first kappa shape index (κ1) is 17.8. The summed E-state index contributed by atoms with van der Waals surface area (Å²) in [7, 11) is 0. The molecule has 2 aliphatic rings. The van der Waals surface area contributed by atoms with E-state index in [-0.39, 0.29) is 18.2 Å². The molecule has 0 aliphatic carbocycles. The first-order chi connectivity index (χ1) is 13.1. The van der Waals surface area contributed by atoms with E-state index in [4.69, 9.17) is 4.74 Å². The summed E-state index contributed by atoms with van der Waals surface area (Å²) in [6.07, 6.45) is 6.20. The third kappa shape index (κ3) is 4.08. The highest BCUT2D eigenvalue weighted by Gasteiger charge is 2.40. The lowest BCUT2D eigenvalue weighted by Gasteiger charge is -2.33. The van der Waals surface area contributed by atoms with Gasteiger partial charge in [-0.05, 0) is 50.7 Å². The Labute approximate surface area is 161 Å². The lowest BCUT2D eigenvalue weighted by atomic mass is 9.94. The van der Waals surface area contributed by atoms with Crippen LogP contribution in [0.2, 0.25) is 0 Å². The molecule has 1 amide bonds. The Hall–Kier alpha value is -2.55. The van der Waals surface area contributed by atoms with Gasteiger partial charge in [-0.3, -0.25) is 4.90 Å². The SMILES string of the molecule is Cc1cc(C)cc(CC2=CC3CCC(C2)N3C(=O)OCc2ccccc2)c1. The summed E-state index contributed by atoms with van der Waals surface area (Å²) in [5.74, 6) is 0. The third-order valence-electron chi connectivity index (χ3n) is 5.60. The minimum Gasteiger partial charge on any atom is -0.445 e. The van der Waals surface area contributed by atoms with E-state index in [9.17, 15) is 4.79 Å². The van der Waals surface area contributed by atoms with E-state index in [1.54, 1.807) is 0 Å². The predicted molar refractivity (Wildman–Crippen MR) is 108 cm³/mol. The number of aryl methyl sites for hydroxylation is 2. The van der Waals surface area contributed by atoms with Gasteiger partial charge in [0.2, 0.25) is 0 Å². The summed E-state index contributed by atoms with van der Waals surface area (Å²) in [6, 6.07) is 17.1. The van der Waals surface area contributed by atoms with E-state index in [1.807, 2.05) is 35.2 Å². The van der Waals surface area contributed by atoms with Crippen LogP contribution in [0.5, 0.6) is 0 Å². The first-order valence-corrected chi connectivity index (χ1v) is 9.84. The number of carbonyl (C=O) groups is 1. The summed E-state index contributed by atoms with van der Waals surface area (Å²) in [5.41, 5.74) is 6.49. The number of carbonyl (C=O) groups excluding carboxylic acids is 1. The van der Waals surface area contributed by atoms with Crippen LogP contribution in [0.1, 0.15) is 41.5 Å². The summed E-state index contributed by atoms with van der Waals surface area (Å²) in [6.45, 7) is 4.65. The molecule has 0 aromatic heterocycles. The van der Waals surface area contributed by atoms with Gasteiger partial charge in [0.05, 0.1) is 6.04 Å². The Morgan fingerprint density at radius 3 is 2.48 bits per heavy atom. The largest absolute Gasteiger partial charge is 0.445 e. The second-order valence-electron chi connectivity index (χ2n) is 7.95. The zero-order valence-electron chi connectivity index (χ0n) is 16.2. The molecule has 2 aliphatic heterocycles. The Bertz CT molecular complexity index is 836.